The number of phenolic OH excluding ortho intramolecular Hbond substituents is 2. The zero-order valence-electron chi connectivity index (χ0n) is 14.3. The van der Waals surface area contributed by atoms with E-state index in [0.29, 0.717) is 22.3 Å². The van der Waals surface area contributed by atoms with Crippen molar-refractivity contribution < 1.29 is 18.6 Å². The average Bonchev–Trinajstić information content (AvgIpc) is 2.42. The number of aromatic hydroxyl groups is 2. The number of sulfone groups is 1. The lowest BCUT2D eigenvalue weighted by atomic mass is 10.0. The molecule has 0 aliphatic heterocycles. The number of hydrogen-bond donors (Lipinski definition) is 2. The predicted molar refractivity (Wildman–Crippen MR) is 90.1 cm³/mol. The second kappa shape index (κ2) is 5.57. The maximum atomic E-state index is 13.2. The maximum Gasteiger partial charge on any atom is 0.211 e. The highest BCUT2D eigenvalue weighted by molar-refractivity contribution is 7.91. The van der Waals surface area contributed by atoms with Crippen molar-refractivity contribution in [1.82, 2.24) is 0 Å². The highest BCUT2D eigenvalue weighted by atomic mass is 32.2. The van der Waals surface area contributed by atoms with Gasteiger partial charge in [-0.25, -0.2) is 8.42 Å². The van der Waals surface area contributed by atoms with Crippen molar-refractivity contribution in [2.24, 2.45) is 0 Å². The van der Waals surface area contributed by atoms with Gasteiger partial charge in [0.1, 0.15) is 16.4 Å². The number of benzene rings is 2. The van der Waals surface area contributed by atoms with Crippen molar-refractivity contribution in [3.05, 3.63) is 45.5 Å². The van der Waals surface area contributed by atoms with Crippen molar-refractivity contribution in [2.75, 3.05) is 0 Å². The van der Waals surface area contributed by atoms with Gasteiger partial charge in [0.15, 0.2) is 0 Å². The molecule has 5 heteroatoms. The van der Waals surface area contributed by atoms with E-state index in [0.717, 1.165) is 11.1 Å². The molecule has 0 amide bonds. The molecule has 2 aromatic rings. The predicted octanol–water partition coefficient (Wildman–Crippen LogP) is 3.78. The molecule has 0 saturated heterocycles. The van der Waals surface area contributed by atoms with Crippen molar-refractivity contribution in [2.45, 2.75) is 51.3 Å². The normalized spacial score (nSPS) is 11.7. The van der Waals surface area contributed by atoms with Crippen LogP contribution in [-0.2, 0) is 9.84 Å². The van der Waals surface area contributed by atoms with Gasteiger partial charge in [-0.1, -0.05) is 0 Å². The zero-order valence-corrected chi connectivity index (χ0v) is 15.1. The van der Waals surface area contributed by atoms with Gasteiger partial charge in [-0.2, -0.15) is 0 Å². The third kappa shape index (κ3) is 2.59. The number of rotatable bonds is 2. The molecule has 0 aromatic heterocycles. The third-order valence-electron chi connectivity index (χ3n) is 4.63. The molecule has 0 atom stereocenters. The first kappa shape index (κ1) is 17.3. The Hall–Kier alpha value is -2.01. The van der Waals surface area contributed by atoms with E-state index in [1.807, 2.05) is 13.8 Å². The smallest absolute Gasteiger partial charge is 0.211 e. The summed E-state index contributed by atoms with van der Waals surface area (Å²) in [4.78, 5) is -0.0200. The molecular formula is C18H22O4S. The quantitative estimate of drug-likeness (QED) is 0.876. The molecule has 4 nitrogen and oxygen atoms in total. The van der Waals surface area contributed by atoms with E-state index in [9.17, 15) is 18.6 Å². The van der Waals surface area contributed by atoms with Crippen LogP contribution in [0, 0.1) is 41.5 Å². The summed E-state index contributed by atoms with van der Waals surface area (Å²) in [6.07, 6.45) is 0. The second-order valence-electron chi connectivity index (χ2n) is 6.09. The summed E-state index contributed by atoms with van der Waals surface area (Å²) in [5, 5.41) is 20.3. The van der Waals surface area contributed by atoms with E-state index < -0.39 is 9.84 Å². The summed E-state index contributed by atoms with van der Waals surface area (Å²) >= 11 is 0. The molecule has 0 unspecified atom stereocenters. The Bertz CT molecular complexity index is 883. The maximum absolute atomic E-state index is 13.2. The molecule has 2 rings (SSSR count). The molecule has 2 aromatic carbocycles. The number of aryl methyl sites for hydroxylation is 2. The van der Waals surface area contributed by atoms with Gasteiger partial charge in [0.25, 0.3) is 0 Å². The van der Waals surface area contributed by atoms with E-state index in [4.69, 9.17) is 0 Å². The van der Waals surface area contributed by atoms with E-state index in [2.05, 4.69) is 0 Å². The monoisotopic (exact) mass is 334 g/mol. The minimum atomic E-state index is -3.96. The summed E-state index contributed by atoms with van der Waals surface area (Å²) < 4.78 is 26.4. The van der Waals surface area contributed by atoms with Gasteiger partial charge in [-0.3, -0.25) is 0 Å². The van der Waals surface area contributed by atoms with Gasteiger partial charge in [-0.05, 0) is 81.5 Å². The average molecular weight is 334 g/mol. The lowest BCUT2D eigenvalue weighted by Crippen LogP contribution is -2.11. The van der Waals surface area contributed by atoms with Gasteiger partial charge in [0.2, 0.25) is 9.84 Å². The van der Waals surface area contributed by atoms with Gasteiger partial charge in [0, 0.05) is 5.56 Å². The molecule has 0 radical (unpaired) electrons. The fraction of sp³-hybridized carbons (Fsp3) is 0.333. The van der Waals surface area contributed by atoms with Crippen molar-refractivity contribution >= 4 is 9.84 Å². The fourth-order valence-electron chi connectivity index (χ4n) is 2.88. The Morgan fingerprint density at radius 2 is 1.13 bits per heavy atom. The van der Waals surface area contributed by atoms with Crippen molar-refractivity contribution in [1.29, 1.82) is 0 Å². The Balaban J connectivity index is 2.94. The first-order valence-corrected chi connectivity index (χ1v) is 8.83. The highest BCUT2D eigenvalue weighted by Gasteiger charge is 2.30. The molecular weight excluding hydrogens is 312 g/mol. The SMILES string of the molecule is Cc1cc(O)c(S(=O)(=O)c2c(C)c(C)cc(O)c2C)c(C)c1C. The van der Waals surface area contributed by atoms with Crippen LogP contribution in [0.15, 0.2) is 21.9 Å². The van der Waals surface area contributed by atoms with Gasteiger partial charge < -0.3 is 10.2 Å². The minimum Gasteiger partial charge on any atom is -0.508 e. The Morgan fingerprint density at radius 1 is 0.652 bits per heavy atom. The topological polar surface area (TPSA) is 74.6 Å². The lowest BCUT2D eigenvalue weighted by Gasteiger charge is -2.18. The standard InChI is InChI=1S/C18H22O4S/c1-9-8-16(20)18(13(5)11(9)3)23(21,22)17-12(4)10(2)7-15(19)14(17)6/h7-8,19-20H,1-6H3. The summed E-state index contributed by atoms with van der Waals surface area (Å²) in [5.41, 5.74) is 3.76. The van der Waals surface area contributed by atoms with E-state index in [-0.39, 0.29) is 21.3 Å². The van der Waals surface area contributed by atoms with Crippen molar-refractivity contribution in [3.8, 4) is 11.5 Å². The van der Waals surface area contributed by atoms with Crippen LogP contribution in [0.25, 0.3) is 0 Å². The van der Waals surface area contributed by atoms with Crippen LogP contribution in [0.2, 0.25) is 0 Å². The fourth-order valence-corrected chi connectivity index (χ4v) is 5.05. The van der Waals surface area contributed by atoms with Gasteiger partial charge >= 0.3 is 0 Å². The van der Waals surface area contributed by atoms with Crippen molar-refractivity contribution in [3.63, 3.8) is 0 Å². The molecule has 0 bridgehead atoms. The summed E-state index contributed by atoms with van der Waals surface area (Å²) in [6, 6.07) is 3.02. The Kier molecular flexibility index (Phi) is 4.20. The van der Waals surface area contributed by atoms with Crippen LogP contribution in [0.3, 0.4) is 0 Å². The first-order chi connectivity index (χ1) is 10.5. The lowest BCUT2D eigenvalue weighted by molar-refractivity contribution is 0.455. The summed E-state index contributed by atoms with van der Waals surface area (Å²) in [5.74, 6) is -0.321. The van der Waals surface area contributed by atoms with E-state index in [1.54, 1.807) is 33.8 Å². The van der Waals surface area contributed by atoms with Crippen LogP contribution in [0.5, 0.6) is 11.5 Å². The Morgan fingerprint density at radius 3 is 1.70 bits per heavy atom. The van der Waals surface area contributed by atoms with Gasteiger partial charge in [-0.15, -0.1) is 0 Å². The molecule has 0 fully saturated rings. The number of hydrogen-bond acceptors (Lipinski definition) is 4. The highest BCUT2D eigenvalue weighted by Crippen LogP contribution is 2.39. The van der Waals surface area contributed by atoms with Crippen LogP contribution < -0.4 is 0 Å². The number of phenols is 2. The van der Waals surface area contributed by atoms with Crippen LogP contribution in [0.4, 0.5) is 0 Å². The molecule has 0 aliphatic rings. The molecule has 0 aliphatic carbocycles. The molecule has 0 spiro atoms. The van der Waals surface area contributed by atoms with E-state index in [1.165, 1.54) is 6.07 Å². The van der Waals surface area contributed by atoms with E-state index >= 15 is 0 Å². The molecule has 0 heterocycles. The van der Waals surface area contributed by atoms with Crippen LogP contribution >= 0.6 is 0 Å². The van der Waals surface area contributed by atoms with Crippen LogP contribution in [0.1, 0.15) is 33.4 Å². The molecule has 0 saturated carbocycles. The molecule has 23 heavy (non-hydrogen) atoms. The minimum absolute atomic E-state index is 0.0624. The second-order valence-corrected chi connectivity index (χ2v) is 7.91. The Labute approximate surface area is 137 Å². The first-order valence-electron chi connectivity index (χ1n) is 7.34. The van der Waals surface area contributed by atoms with Crippen LogP contribution in [-0.4, -0.2) is 18.6 Å². The summed E-state index contributed by atoms with van der Waals surface area (Å²) in [6.45, 7) is 10.4. The third-order valence-corrected chi connectivity index (χ3v) is 6.83. The molecule has 124 valence electrons. The summed E-state index contributed by atoms with van der Waals surface area (Å²) in [7, 11) is -3.96. The van der Waals surface area contributed by atoms with Gasteiger partial charge in [0.05, 0.1) is 4.90 Å². The zero-order chi connectivity index (χ0) is 17.7. The largest absolute Gasteiger partial charge is 0.508 e. The molecule has 2 N–H and O–H groups in total.